The Bertz CT molecular complexity index is 279. The smallest absolute Gasteiger partial charge is 0.0503 e. The van der Waals surface area contributed by atoms with Crippen LogP contribution in [0.4, 0.5) is 0 Å². The van der Waals surface area contributed by atoms with E-state index in [1.165, 1.54) is 0 Å². The molecule has 0 aliphatic rings. The van der Waals surface area contributed by atoms with E-state index in [0.717, 1.165) is 21.7 Å². The highest BCUT2D eigenvalue weighted by atomic mass is 79.9. The van der Waals surface area contributed by atoms with E-state index in [2.05, 4.69) is 20.9 Å². The molecule has 0 fully saturated rings. The van der Waals surface area contributed by atoms with Crippen molar-refractivity contribution in [3.05, 3.63) is 28.5 Å². The summed E-state index contributed by atoms with van der Waals surface area (Å²) >= 11 is 5.17. The zero-order valence-corrected chi connectivity index (χ0v) is 10.9. The van der Waals surface area contributed by atoms with Crippen molar-refractivity contribution in [1.29, 1.82) is 0 Å². The molecule has 0 spiro atoms. The molecule has 0 amide bonds. The van der Waals surface area contributed by atoms with Crippen LogP contribution in [0.2, 0.25) is 0 Å². The fourth-order valence-electron chi connectivity index (χ4n) is 0.910. The Hall–Kier alpha value is -0.0600. The summed E-state index contributed by atoms with van der Waals surface area (Å²) in [4.78, 5) is 4.29. The lowest BCUT2D eigenvalue weighted by molar-refractivity contribution is 0.591. The van der Waals surface area contributed by atoms with Gasteiger partial charge in [0.1, 0.15) is 0 Å². The molecule has 0 unspecified atom stereocenters. The van der Waals surface area contributed by atoms with Gasteiger partial charge in [-0.2, -0.15) is 11.8 Å². The van der Waals surface area contributed by atoms with E-state index in [1.807, 2.05) is 43.9 Å². The van der Waals surface area contributed by atoms with Gasteiger partial charge in [0.2, 0.25) is 0 Å². The van der Waals surface area contributed by atoms with E-state index in [1.54, 1.807) is 0 Å². The van der Waals surface area contributed by atoms with Crippen LogP contribution in [-0.2, 0) is 5.75 Å². The van der Waals surface area contributed by atoms with Gasteiger partial charge >= 0.3 is 0 Å². The van der Waals surface area contributed by atoms with Crippen molar-refractivity contribution in [3.63, 3.8) is 0 Å². The van der Waals surface area contributed by atoms with Gasteiger partial charge in [-0.3, -0.25) is 4.98 Å². The van der Waals surface area contributed by atoms with Gasteiger partial charge in [-0.15, -0.1) is 0 Å². The van der Waals surface area contributed by atoms with Crippen LogP contribution in [0.15, 0.2) is 22.8 Å². The lowest BCUT2D eigenvalue weighted by Crippen LogP contribution is -2.34. The lowest BCUT2D eigenvalue weighted by Gasteiger charge is -2.17. The van der Waals surface area contributed by atoms with Crippen molar-refractivity contribution in [2.45, 2.75) is 25.1 Å². The molecule has 1 heterocycles. The molecule has 0 saturated heterocycles. The third kappa shape index (κ3) is 4.98. The zero-order valence-electron chi connectivity index (χ0n) is 8.46. The van der Waals surface area contributed by atoms with Crippen LogP contribution in [0.3, 0.4) is 0 Å². The first-order chi connectivity index (χ1) is 6.47. The summed E-state index contributed by atoms with van der Waals surface area (Å²) in [5.74, 6) is 1.87. The maximum Gasteiger partial charge on any atom is 0.0503 e. The Kier molecular flexibility index (Phi) is 4.41. The SMILES string of the molecule is CC(C)(N)CSCc1ccc(Br)cn1. The summed E-state index contributed by atoms with van der Waals surface area (Å²) in [6.45, 7) is 4.07. The summed E-state index contributed by atoms with van der Waals surface area (Å²) in [7, 11) is 0. The van der Waals surface area contributed by atoms with Gasteiger partial charge in [0.05, 0.1) is 5.69 Å². The van der Waals surface area contributed by atoms with Gasteiger partial charge in [0.25, 0.3) is 0 Å². The molecule has 2 N–H and O–H groups in total. The third-order valence-electron chi connectivity index (χ3n) is 1.51. The predicted molar refractivity (Wildman–Crippen MR) is 66.4 cm³/mol. The van der Waals surface area contributed by atoms with Crippen molar-refractivity contribution < 1.29 is 0 Å². The maximum absolute atomic E-state index is 5.87. The number of nitrogens with two attached hydrogens (primary N) is 1. The van der Waals surface area contributed by atoms with Gasteiger partial charge < -0.3 is 5.73 Å². The van der Waals surface area contributed by atoms with E-state index in [0.29, 0.717) is 0 Å². The molecule has 14 heavy (non-hydrogen) atoms. The molecule has 1 aromatic heterocycles. The van der Waals surface area contributed by atoms with Crippen LogP contribution in [0.5, 0.6) is 0 Å². The average molecular weight is 275 g/mol. The fraction of sp³-hybridized carbons (Fsp3) is 0.500. The lowest BCUT2D eigenvalue weighted by atomic mass is 10.1. The molecule has 1 aromatic rings. The number of halogens is 1. The minimum Gasteiger partial charge on any atom is -0.325 e. The molecule has 0 aromatic carbocycles. The first-order valence-electron chi connectivity index (χ1n) is 4.44. The zero-order chi connectivity index (χ0) is 10.6. The van der Waals surface area contributed by atoms with Crippen LogP contribution in [-0.4, -0.2) is 16.3 Å². The summed E-state index contributed by atoms with van der Waals surface area (Å²) in [5, 5.41) is 0. The summed E-state index contributed by atoms with van der Waals surface area (Å²) in [6.07, 6.45) is 1.82. The second-order valence-corrected chi connectivity index (χ2v) is 5.85. The van der Waals surface area contributed by atoms with Gasteiger partial charge in [0.15, 0.2) is 0 Å². The monoisotopic (exact) mass is 274 g/mol. The van der Waals surface area contributed by atoms with Crippen molar-refractivity contribution in [1.82, 2.24) is 4.98 Å². The average Bonchev–Trinajstić information content (AvgIpc) is 2.06. The maximum atomic E-state index is 5.87. The minimum absolute atomic E-state index is 0.0972. The molecular weight excluding hydrogens is 260 g/mol. The summed E-state index contributed by atoms with van der Waals surface area (Å²) in [5.41, 5.74) is 6.88. The second kappa shape index (κ2) is 5.14. The Balaban J connectivity index is 2.35. The minimum atomic E-state index is -0.0972. The Morgan fingerprint density at radius 1 is 1.50 bits per heavy atom. The number of aromatic nitrogens is 1. The van der Waals surface area contributed by atoms with Crippen LogP contribution in [0, 0.1) is 0 Å². The van der Waals surface area contributed by atoms with Crippen molar-refractivity contribution >= 4 is 27.7 Å². The Morgan fingerprint density at radius 2 is 2.21 bits per heavy atom. The largest absolute Gasteiger partial charge is 0.325 e. The highest BCUT2D eigenvalue weighted by Gasteiger charge is 2.10. The van der Waals surface area contributed by atoms with Crippen LogP contribution in [0.1, 0.15) is 19.5 Å². The molecule has 2 nitrogen and oxygen atoms in total. The number of pyridine rings is 1. The highest BCUT2D eigenvalue weighted by molar-refractivity contribution is 9.10. The molecule has 0 saturated carbocycles. The number of thioether (sulfide) groups is 1. The summed E-state index contributed by atoms with van der Waals surface area (Å²) < 4.78 is 1.02. The first kappa shape index (κ1) is 12.0. The molecule has 0 bridgehead atoms. The topological polar surface area (TPSA) is 38.9 Å². The third-order valence-corrected chi connectivity index (χ3v) is 3.43. The molecule has 0 aliphatic heterocycles. The molecule has 0 radical (unpaired) electrons. The van der Waals surface area contributed by atoms with E-state index in [4.69, 9.17) is 5.73 Å². The number of nitrogens with zero attached hydrogens (tertiary/aromatic N) is 1. The van der Waals surface area contributed by atoms with Gasteiger partial charge in [0, 0.05) is 27.7 Å². The van der Waals surface area contributed by atoms with Crippen LogP contribution >= 0.6 is 27.7 Å². The number of hydrogen-bond donors (Lipinski definition) is 1. The molecule has 4 heteroatoms. The van der Waals surface area contributed by atoms with Gasteiger partial charge in [-0.05, 0) is 41.9 Å². The number of hydrogen-bond acceptors (Lipinski definition) is 3. The van der Waals surface area contributed by atoms with Gasteiger partial charge in [-0.25, -0.2) is 0 Å². The predicted octanol–water partition coefficient (Wildman–Crippen LogP) is 2.81. The molecular formula is C10H15BrN2S. The standard InChI is InChI=1S/C10H15BrN2S/c1-10(2,12)7-14-6-9-4-3-8(11)5-13-9/h3-5H,6-7,12H2,1-2H3. The highest BCUT2D eigenvalue weighted by Crippen LogP contribution is 2.16. The normalized spacial score (nSPS) is 11.7. The summed E-state index contributed by atoms with van der Waals surface area (Å²) in [6, 6.07) is 4.04. The van der Waals surface area contributed by atoms with E-state index >= 15 is 0 Å². The van der Waals surface area contributed by atoms with Crippen molar-refractivity contribution in [3.8, 4) is 0 Å². The van der Waals surface area contributed by atoms with Crippen LogP contribution < -0.4 is 5.73 Å². The first-order valence-corrected chi connectivity index (χ1v) is 6.39. The van der Waals surface area contributed by atoms with E-state index in [-0.39, 0.29) is 5.54 Å². The quantitative estimate of drug-likeness (QED) is 0.918. The fourth-order valence-corrected chi connectivity index (χ4v) is 2.15. The molecule has 0 aliphatic carbocycles. The molecule has 0 atom stereocenters. The Labute approximate surface area is 97.8 Å². The Morgan fingerprint density at radius 3 is 2.71 bits per heavy atom. The second-order valence-electron chi connectivity index (χ2n) is 3.95. The number of rotatable bonds is 4. The van der Waals surface area contributed by atoms with E-state index < -0.39 is 0 Å². The van der Waals surface area contributed by atoms with Gasteiger partial charge in [-0.1, -0.05) is 0 Å². The molecule has 1 rings (SSSR count). The van der Waals surface area contributed by atoms with E-state index in [9.17, 15) is 0 Å². The van der Waals surface area contributed by atoms with Crippen molar-refractivity contribution in [2.75, 3.05) is 5.75 Å². The van der Waals surface area contributed by atoms with Crippen molar-refractivity contribution in [2.24, 2.45) is 5.73 Å². The van der Waals surface area contributed by atoms with Crippen LogP contribution in [0.25, 0.3) is 0 Å². The molecule has 78 valence electrons.